The molecule has 37 heavy (non-hydrogen) atoms. The number of amides is 1. The van der Waals surface area contributed by atoms with E-state index in [-0.39, 0.29) is 16.7 Å². The summed E-state index contributed by atoms with van der Waals surface area (Å²) in [6, 6.07) is 19.2. The molecule has 0 saturated heterocycles. The van der Waals surface area contributed by atoms with Crippen molar-refractivity contribution in [2.75, 3.05) is 5.32 Å². The van der Waals surface area contributed by atoms with Gasteiger partial charge in [0.15, 0.2) is 0 Å². The lowest BCUT2D eigenvalue weighted by Gasteiger charge is -2.19. The van der Waals surface area contributed by atoms with Gasteiger partial charge in [-0.15, -0.1) is 0 Å². The topological polar surface area (TPSA) is 119 Å². The molecule has 0 spiro atoms. The monoisotopic (exact) mass is 520 g/mol. The lowest BCUT2D eigenvalue weighted by molar-refractivity contribution is -0.117. The Hall–Kier alpha value is -4.02. The summed E-state index contributed by atoms with van der Waals surface area (Å²) in [5.74, 6) is -0.518. The molecular weight excluding hydrogens is 492 g/mol. The van der Waals surface area contributed by atoms with Crippen LogP contribution in [-0.2, 0) is 41.8 Å². The summed E-state index contributed by atoms with van der Waals surface area (Å²) in [5, 5.41) is 2.87. The van der Waals surface area contributed by atoms with Gasteiger partial charge < -0.3 is 5.32 Å². The Balaban J connectivity index is 1.68. The van der Waals surface area contributed by atoms with Gasteiger partial charge >= 0.3 is 5.69 Å². The van der Waals surface area contributed by atoms with Gasteiger partial charge in [0.1, 0.15) is 6.04 Å². The largest absolute Gasteiger partial charge is 0.330 e. The van der Waals surface area contributed by atoms with Crippen molar-refractivity contribution in [3.8, 4) is 0 Å². The lowest BCUT2D eigenvalue weighted by atomic mass is 10.1. The average Bonchev–Trinajstić information content (AvgIpc) is 2.90. The number of anilines is 1. The molecule has 0 radical (unpaired) electrons. The van der Waals surface area contributed by atoms with Crippen LogP contribution >= 0.6 is 0 Å². The normalized spacial score (nSPS) is 12.4. The van der Waals surface area contributed by atoms with Crippen LogP contribution < -0.4 is 21.3 Å². The molecule has 192 valence electrons. The van der Waals surface area contributed by atoms with Crippen molar-refractivity contribution >= 4 is 32.5 Å². The van der Waals surface area contributed by atoms with Gasteiger partial charge in [0.2, 0.25) is 15.9 Å². The van der Waals surface area contributed by atoms with Gasteiger partial charge in [-0.25, -0.2) is 13.2 Å². The number of hydrogen-bond donors (Lipinski definition) is 2. The van der Waals surface area contributed by atoms with Crippen molar-refractivity contribution in [3.05, 3.63) is 105 Å². The molecule has 0 saturated carbocycles. The van der Waals surface area contributed by atoms with Gasteiger partial charge in [-0.05, 0) is 54.3 Å². The molecule has 3 aromatic carbocycles. The predicted molar refractivity (Wildman–Crippen MR) is 143 cm³/mol. The number of carbonyl (C=O) groups is 1. The highest BCUT2D eigenvalue weighted by Gasteiger charge is 2.27. The summed E-state index contributed by atoms with van der Waals surface area (Å²) in [6.45, 7) is 2.03. The van der Waals surface area contributed by atoms with Crippen molar-refractivity contribution in [2.45, 2.75) is 30.7 Å². The van der Waals surface area contributed by atoms with Crippen molar-refractivity contribution in [2.24, 2.45) is 14.1 Å². The Morgan fingerprint density at radius 3 is 2.22 bits per heavy atom. The average molecular weight is 521 g/mol. The van der Waals surface area contributed by atoms with E-state index in [1.807, 2.05) is 49.4 Å². The second-order valence-corrected chi connectivity index (χ2v) is 10.5. The number of hydrogen-bond acceptors (Lipinski definition) is 5. The fraction of sp³-hybridized carbons (Fsp3) is 0.222. The molecule has 1 atom stereocenters. The lowest BCUT2D eigenvalue weighted by Crippen LogP contribution is -2.45. The summed E-state index contributed by atoms with van der Waals surface area (Å²) in [6.07, 6.45) is 0.969. The van der Waals surface area contributed by atoms with E-state index in [4.69, 9.17) is 0 Å². The Labute approximate surface area is 214 Å². The van der Waals surface area contributed by atoms with Crippen molar-refractivity contribution in [1.29, 1.82) is 0 Å². The highest BCUT2D eigenvalue weighted by Crippen LogP contribution is 2.18. The second-order valence-electron chi connectivity index (χ2n) is 8.79. The number of sulfonamides is 1. The molecule has 1 aromatic heterocycles. The molecular formula is C27H28N4O5S. The zero-order valence-electron chi connectivity index (χ0n) is 20.8. The Kier molecular flexibility index (Phi) is 7.42. The first-order valence-electron chi connectivity index (χ1n) is 11.8. The maximum atomic E-state index is 13.4. The minimum absolute atomic E-state index is 0.0764. The molecule has 4 aromatic rings. The minimum Gasteiger partial charge on any atom is -0.325 e. The van der Waals surface area contributed by atoms with E-state index in [0.717, 1.165) is 22.1 Å². The van der Waals surface area contributed by atoms with Crippen LogP contribution in [0.4, 0.5) is 5.69 Å². The standard InChI is InChI=1S/C27H28N4O5S/c1-4-18-10-12-20(13-11-18)28-25(32)23(16-19-8-6-5-7-9-19)29-37(35,36)21-14-15-24-22(17-21)26(33)31(3)27(34)30(24)2/h5-15,17,23,29H,4,16H2,1-3H3,(H,28,32)/t23-/m0/s1. The molecule has 0 fully saturated rings. The number of nitrogens with one attached hydrogen (secondary N) is 2. The summed E-state index contributed by atoms with van der Waals surface area (Å²) < 4.78 is 31.5. The van der Waals surface area contributed by atoms with Crippen LogP contribution in [-0.4, -0.2) is 29.5 Å². The molecule has 9 nitrogen and oxygen atoms in total. The van der Waals surface area contributed by atoms with Crippen LogP contribution in [0.15, 0.2) is 87.3 Å². The molecule has 10 heteroatoms. The fourth-order valence-corrected chi connectivity index (χ4v) is 5.31. The van der Waals surface area contributed by atoms with Gasteiger partial charge in [0, 0.05) is 19.8 Å². The minimum atomic E-state index is -4.22. The SMILES string of the molecule is CCc1ccc(NC(=O)[C@H](Cc2ccccc2)NS(=O)(=O)c2ccc3c(c2)c(=O)n(C)c(=O)n3C)cc1. The van der Waals surface area contributed by atoms with Gasteiger partial charge in [-0.2, -0.15) is 4.72 Å². The van der Waals surface area contributed by atoms with E-state index < -0.39 is 33.2 Å². The smallest absolute Gasteiger partial charge is 0.325 e. The first kappa shape index (κ1) is 26.1. The zero-order valence-corrected chi connectivity index (χ0v) is 21.6. The zero-order chi connectivity index (χ0) is 26.7. The van der Waals surface area contributed by atoms with Crippen LogP contribution in [0.3, 0.4) is 0 Å². The highest BCUT2D eigenvalue weighted by atomic mass is 32.2. The predicted octanol–water partition coefficient (Wildman–Crippen LogP) is 2.33. The number of nitrogens with zero attached hydrogens (tertiary/aromatic N) is 2. The summed E-state index contributed by atoms with van der Waals surface area (Å²) >= 11 is 0. The molecule has 4 rings (SSSR count). The maximum absolute atomic E-state index is 13.4. The van der Waals surface area contributed by atoms with E-state index in [9.17, 15) is 22.8 Å². The van der Waals surface area contributed by atoms with E-state index in [1.54, 1.807) is 12.1 Å². The van der Waals surface area contributed by atoms with E-state index in [0.29, 0.717) is 11.2 Å². The number of carbonyl (C=O) groups excluding carboxylic acids is 1. The van der Waals surface area contributed by atoms with Crippen LogP contribution in [0, 0.1) is 0 Å². The molecule has 1 heterocycles. The number of benzene rings is 3. The third-order valence-electron chi connectivity index (χ3n) is 6.27. The third-order valence-corrected chi connectivity index (χ3v) is 7.74. The molecule has 1 amide bonds. The van der Waals surface area contributed by atoms with Crippen LogP contribution in [0.5, 0.6) is 0 Å². The van der Waals surface area contributed by atoms with E-state index in [1.165, 1.54) is 36.9 Å². The molecule has 0 bridgehead atoms. The number of rotatable bonds is 8. The first-order valence-corrected chi connectivity index (χ1v) is 13.2. The van der Waals surface area contributed by atoms with Crippen molar-refractivity contribution < 1.29 is 13.2 Å². The van der Waals surface area contributed by atoms with E-state index >= 15 is 0 Å². The van der Waals surface area contributed by atoms with Crippen LogP contribution in [0.25, 0.3) is 10.9 Å². The first-order chi connectivity index (χ1) is 17.6. The maximum Gasteiger partial charge on any atom is 0.330 e. The Bertz CT molecular complexity index is 1670. The molecule has 2 N–H and O–H groups in total. The molecule has 0 aliphatic rings. The summed E-state index contributed by atoms with van der Waals surface area (Å²) in [5.41, 5.74) is 1.62. The number of aryl methyl sites for hydroxylation is 2. The molecule has 0 aliphatic heterocycles. The molecule has 0 unspecified atom stereocenters. The fourth-order valence-electron chi connectivity index (χ4n) is 4.09. The van der Waals surface area contributed by atoms with Gasteiger partial charge in [-0.3, -0.25) is 18.7 Å². The Morgan fingerprint density at radius 2 is 1.57 bits per heavy atom. The Morgan fingerprint density at radius 1 is 0.892 bits per heavy atom. The summed E-state index contributed by atoms with van der Waals surface area (Å²) in [4.78, 5) is 37.9. The number of aromatic nitrogens is 2. The van der Waals surface area contributed by atoms with Crippen molar-refractivity contribution in [1.82, 2.24) is 13.9 Å². The van der Waals surface area contributed by atoms with Crippen molar-refractivity contribution in [3.63, 3.8) is 0 Å². The third kappa shape index (κ3) is 5.55. The second kappa shape index (κ2) is 10.5. The van der Waals surface area contributed by atoms with Gasteiger partial charge in [0.05, 0.1) is 15.8 Å². The van der Waals surface area contributed by atoms with Crippen LogP contribution in [0.1, 0.15) is 18.1 Å². The van der Waals surface area contributed by atoms with Gasteiger partial charge in [0.25, 0.3) is 5.56 Å². The number of fused-ring (bicyclic) bond motifs is 1. The highest BCUT2D eigenvalue weighted by molar-refractivity contribution is 7.89. The quantitative estimate of drug-likeness (QED) is 0.370. The van der Waals surface area contributed by atoms with Crippen LogP contribution in [0.2, 0.25) is 0 Å². The van der Waals surface area contributed by atoms with Gasteiger partial charge in [-0.1, -0.05) is 49.4 Å². The molecule has 0 aliphatic carbocycles. The van der Waals surface area contributed by atoms with E-state index in [2.05, 4.69) is 10.0 Å². The summed E-state index contributed by atoms with van der Waals surface area (Å²) in [7, 11) is -1.38.